The van der Waals surface area contributed by atoms with Crippen molar-refractivity contribution in [2.45, 2.75) is 77.2 Å². The van der Waals surface area contributed by atoms with Gasteiger partial charge >= 0.3 is 6.09 Å². The first-order chi connectivity index (χ1) is 19.7. The molecule has 0 bridgehead atoms. The van der Waals surface area contributed by atoms with Crippen molar-refractivity contribution in [1.82, 2.24) is 19.7 Å². The minimum absolute atomic E-state index is 0.204. The molecule has 3 saturated heterocycles. The van der Waals surface area contributed by atoms with Gasteiger partial charge in [-0.25, -0.2) is 9.78 Å². The normalized spacial score (nSPS) is 22.9. The number of hydrogen-bond donors (Lipinski definition) is 1. The number of likely N-dealkylation sites (N-methyl/N-ethyl adjacent to an activating group) is 1. The second kappa shape index (κ2) is 11.4. The number of benzene rings is 1. The molecule has 9 heteroatoms. The van der Waals surface area contributed by atoms with E-state index in [9.17, 15) is 4.79 Å². The monoisotopic (exact) mass is 563 g/mol. The molecule has 4 aliphatic rings. The van der Waals surface area contributed by atoms with Crippen LogP contribution in [0.3, 0.4) is 0 Å². The molecule has 6 rings (SSSR count). The predicted octanol–water partition coefficient (Wildman–Crippen LogP) is 5.22. The molecule has 222 valence electrons. The third kappa shape index (κ3) is 6.03. The van der Waals surface area contributed by atoms with E-state index in [1.54, 1.807) is 0 Å². The molecule has 4 aliphatic heterocycles. The van der Waals surface area contributed by atoms with E-state index in [1.165, 1.54) is 16.7 Å². The average Bonchev–Trinajstić information content (AvgIpc) is 3.21. The van der Waals surface area contributed by atoms with Gasteiger partial charge in [0.05, 0.1) is 5.69 Å². The minimum Gasteiger partial charge on any atom is -0.486 e. The first-order valence-corrected chi connectivity index (χ1v) is 15.2. The molecule has 0 saturated carbocycles. The van der Waals surface area contributed by atoms with Gasteiger partial charge in [-0.2, -0.15) is 0 Å². The second-order valence-corrected chi connectivity index (χ2v) is 13.1. The number of likely N-dealkylation sites (tertiary alicyclic amines) is 1. The van der Waals surface area contributed by atoms with Gasteiger partial charge < -0.3 is 24.4 Å². The number of fused-ring (bicyclic) bond motifs is 2. The Hall–Kier alpha value is -2.88. The Balaban J connectivity index is 1.15. The zero-order valence-corrected chi connectivity index (χ0v) is 25.2. The zero-order chi connectivity index (χ0) is 28.7. The molecule has 1 amide bonds. The standard InChI is InChI=1S/C32H45N5O4/c1-21-16-23(28-7-11-36(13-12-35(28)5)24-18-37(19-24)31(38)41-32(2,3)4)17-27-29(21)40-20-26-25(6-10-33-30(26)34-27)22-8-14-39-15-9-22/h6,10,16-17,22,24,28H,7-9,11-15,18-20H2,1-5H3,(H,33,34)/t28-/m0/s1. The molecule has 1 aromatic carbocycles. The van der Waals surface area contributed by atoms with Crippen LogP contribution in [0, 0.1) is 6.92 Å². The van der Waals surface area contributed by atoms with Gasteiger partial charge in [-0.3, -0.25) is 9.80 Å². The van der Waals surface area contributed by atoms with E-state index in [0.717, 1.165) is 88.0 Å². The number of anilines is 2. The quantitative estimate of drug-likeness (QED) is 0.545. The van der Waals surface area contributed by atoms with Crippen LogP contribution in [-0.4, -0.2) is 90.4 Å². The maximum Gasteiger partial charge on any atom is 0.410 e. The van der Waals surface area contributed by atoms with Gasteiger partial charge in [0.2, 0.25) is 0 Å². The number of ether oxygens (including phenoxy) is 3. The smallest absolute Gasteiger partial charge is 0.410 e. The fraction of sp³-hybridized carbons (Fsp3) is 0.625. The highest BCUT2D eigenvalue weighted by Crippen LogP contribution is 2.42. The van der Waals surface area contributed by atoms with Crippen molar-refractivity contribution in [3.8, 4) is 5.75 Å². The maximum absolute atomic E-state index is 12.4. The zero-order valence-electron chi connectivity index (χ0n) is 25.2. The number of hydrogen-bond acceptors (Lipinski definition) is 8. The number of pyridine rings is 1. The Bertz CT molecular complexity index is 1270. The molecule has 5 heterocycles. The van der Waals surface area contributed by atoms with E-state index in [0.29, 0.717) is 24.6 Å². The van der Waals surface area contributed by atoms with Crippen LogP contribution in [0.5, 0.6) is 5.75 Å². The second-order valence-electron chi connectivity index (χ2n) is 13.1. The minimum atomic E-state index is -0.460. The van der Waals surface area contributed by atoms with Gasteiger partial charge in [-0.15, -0.1) is 0 Å². The topological polar surface area (TPSA) is 79.4 Å². The molecule has 1 atom stereocenters. The lowest BCUT2D eigenvalue weighted by atomic mass is 9.89. The molecule has 0 spiro atoms. The van der Waals surface area contributed by atoms with E-state index in [1.807, 2.05) is 31.9 Å². The van der Waals surface area contributed by atoms with Gasteiger partial charge in [0, 0.05) is 69.8 Å². The summed E-state index contributed by atoms with van der Waals surface area (Å²) in [7, 11) is 2.23. The number of aryl methyl sites for hydroxylation is 1. The van der Waals surface area contributed by atoms with E-state index in [2.05, 4.69) is 47.3 Å². The van der Waals surface area contributed by atoms with Crippen LogP contribution < -0.4 is 10.1 Å². The lowest BCUT2D eigenvalue weighted by molar-refractivity contribution is -0.0145. The number of carbonyl (C=O) groups is 1. The lowest BCUT2D eigenvalue weighted by Gasteiger charge is -2.45. The summed E-state index contributed by atoms with van der Waals surface area (Å²) >= 11 is 0. The van der Waals surface area contributed by atoms with Gasteiger partial charge in [-0.05, 0) is 88.7 Å². The molecule has 1 aromatic heterocycles. The molecule has 41 heavy (non-hydrogen) atoms. The molecular formula is C32H45N5O4. The maximum atomic E-state index is 12.4. The summed E-state index contributed by atoms with van der Waals surface area (Å²) < 4.78 is 17.6. The summed E-state index contributed by atoms with van der Waals surface area (Å²) in [6.45, 7) is 14.5. The van der Waals surface area contributed by atoms with Crippen molar-refractivity contribution in [3.05, 3.63) is 46.6 Å². The largest absolute Gasteiger partial charge is 0.486 e. The van der Waals surface area contributed by atoms with Crippen LogP contribution in [-0.2, 0) is 16.1 Å². The Labute approximate surface area is 244 Å². The van der Waals surface area contributed by atoms with Crippen LogP contribution in [0.1, 0.15) is 74.2 Å². The Morgan fingerprint density at radius 3 is 2.63 bits per heavy atom. The van der Waals surface area contributed by atoms with E-state index >= 15 is 0 Å². The predicted molar refractivity (Wildman–Crippen MR) is 159 cm³/mol. The molecule has 2 aromatic rings. The van der Waals surface area contributed by atoms with Crippen LogP contribution in [0.2, 0.25) is 0 Å². The highest BCUT2D eigenvalue weighted by Gasteiger charge is 2.38. The molecule has 0 unspecified atom stereocenters. The highest BCUT2D eigenvalue weighted by molar-refractivity contribution is 5.71. The summed E-state index contributed by atoms with van der Waals surface area (Å²) in [5.74, 6) is 2.31. The van der Waals surface area contributed by atoms with Gasteiger partial charge in [-0.1, -0.05) is 6.07 Å². The first-order valence-electron chi connectivity index (χ1n) is 15.2. The Morgan fingerprint density at radius 1 is 1.10 bits per heavy atom. The summed E-state index contributed by atoms with van der Waals surface area (Å²) in [6, 6.07) is 7.43. The van der Waals surface area contributed by atoms with Crippen molar-refractivity contribution in [2.75, 3.05) is 58.3 Å². The van der Waals surface area contributed by atoms with Crippen molar-refractivity contribution in [2.24, 2.45) is 0 Å². The van der Waals surface area contributed by atoms with Crippen LogP contribution in [0.25, 0.3) is 0 Å². The highest BCUT2D eigenvalue weighted by atomic mass is 16.6. The number of nitrogens with one attached hydrogen (secondary N) is 1. The molecule has 0 aliphatic carbocycles. The van der Waals surface area contributed by atoms with E-state index < -0.39 is 5.60 Å². The SMILES string of the molecule is Cc1cc([C@@H]2CCN(C3CN(C(=O)OC(C)(C)C)C3)CCN2C)cc2c1OCc1c(C3CCOCC3)ccnc1N2. The van der Waals surface area contributed by atoms with Crippen molar-refractivity contribution < 1.29 is 19.0 Å². The molecule has 0 radical (unpaired) electrons. The van der Waals surface area contributed by atoms with Crippen molar-refractivity contribution >= 4 is 17.6 Å². The molecule has 1 N–H and O–H groups in total. The molecule has 3 fully saturated rings. The number of aromatic nitrogens is 1. The summed E-state index contributed by atoms with van der Waals surface area (Å²) in [5, 5.41) is 3.66. The number of rotatable bonds is 3. The van der Waals surface area contributed by atoms with E-state index in [-0.39, 0.29) is 6.09 Å². The summed E-state index contributed by atoms with van der Waals surface area (Å²) in [5.41, 5.74) is 5.48. The third-order valence-electron chi connectivity index (χ3n) is 9.04. The fourth-order valence-corrected chi connectivity index (χ4v) is 6.72. The lowest BCUT2D eigenvalue weighted by Crippen LogP contribution is -2.62. The summed E-state index contributed by atoms with van der Waals surface area (Å²) in [6.07, 6.45) is 4.83. The van der Waals surface area contributed by atoms with Crippen molar-refractivity contribution in [1.29, 1.82) is 0 Å². The number of carbonyl (C=O) groups excluding carboxylic acids is 1. The summed E-state index contributed by atoms with van der Waals surface area (Å²) in [4.78, 5) is 24.0. The Kier molecular flexibility index (Phi) is 7.87. The van der Waals surface area contributed by atoms with Crippen LogP contribution in [0.4, 0.5) is 16.3 Å². The Morgan fingerprint density at radius 2 is 1.88 bits per heavy atom. The molecular weight excluding hydrogens is 518 g/mol. The van der Waals surface area contributed by atoms with Crippen LogP contribution in [0.15, 0.2) is 24.4 Å². The molecule has 9 nitrogen and oxygen atoms in total. The third-order valence-corrected chi connectivity index (χ3v) is 9.04. The van der Waals surface area contributed by atoms with Gasteiger partial charge in [0.1, 0.15) is 23.8 Å². The van der Waals surface area contributed by atoms with Crippen LogP contribution >= 0.6 is 0 Å². The fourth-order valence-electron chi connectivity index (χ4n) is 6.72. The van der Waals surface area contributed by atoms with Gasteiger partial charge in [0.15, 0.2) is 0 Å². The van der Waals surface area contributed by atoms with E-state index in [4.69, 9.17) is 19.2 Å². The number of amides is 1. The number of nitrogens with zero attached hydrogens (tertiary/aromatic N) is 4. The average molecular weight is 564 g/mol. The first kappa shape index (κ1) is 28.2. The van der Waals surface area contributed by atoms with Gasteiger partial charge in [0.25, 0.3) is 0 Å². The van der Waals surface area contributed by atoms with Crippen molar-refractivity contribution in [3.63, 3.8) is 0 Å².